The quantitative estimate of drug-likeness (QED) is 0.426. The molecule has 0 fully saturated rings. The maximum Gasteiger partial charge on any atom is 0.169 e. The number of fused-ring (bicyclic) bond motifs is 3. The molecule has 3 nitrogen and oxygen atoms in total. The fourth-order valence-corrected chi connectivity index (χ4v) is 3.11. The first-order valence-corrected chi connectivity index (χ1v) is 7.85. The Labute approximate surface area is 160 Å². The third-order valence-corrected chi connectivity index (χ3v) is 4.28. The van der Waals surface area contributed by atoms with Gasteiger partial charge in [-0.15, -0.1) is 24.0 Å². The third kappa shape index (κ3) is 3.44. The van der Waals surface area contributed by atoms with Gasteiger partial charge in [0.25, 0.3) is 0 Å². The van der Waals surface area contributed by atoms with Gasteiger partial charge in [0.15, 0.2) is 11.5 Å². The van der Waals surface area contributed by atoms with E-state index >= 15 is 0 Å². The first kappa shape index (κ1) is 18.8. The first-order valence-electron chi connectivity index (χ1n) is 7.85. The Morgan fingerprint density at radius 2 is 1.67 bits per heavy atom. The van der Waals surface area contributed by atoms with Gasteiger partial charge in [0.05, 0.1) is 14.2 Å². The van der Waals surface area contributed by atoms with E-state index in [-0.39, 0.29) is 24.0 Å². The lowest BCUT2D eigenvalue weighted by Gasteiger charge is -2.17. The van der Waals surface area contributed by atoms with Crippen LogP contribution in [0.4, 0.5) is 0 Å². The summed E-state index contributed by atoms with van der Waals surface area (Å²) >= 11 is 0. The van der Waals surface area contributed by atoms with Crippen LogP contribution in [0.15, 0.2) is 42.5 Å². The number of likely N-dealkylation sites (N-methyl/N-ethyl adjacent to an activating group) is 1. The van der Waals surface area contributed by atoms with Crippen LogP contribution in [-0.2, 0) is 6.42 Å². The van der Waals surface area contributed by atoms with Crippen LogP contribution in [0.5, 0.6) is 11.5 Å². The van der Waals surface area contributed by atoms with E-state index in [0.29, 0.717) is 0 Å². The number of methoxy groups -OCH3 is 2. The van der Waals surface area contributed by atoms with E-state index in [4.69, 9.17) is 9.47 Å². The fraction of sp³-hybridized carbons (Fsp3) is 0.300. The van der Waals surface area contributed by atoms with Crippen molar-refractivity contribution in [2.24, 2.45) is 0 Å². The summed E-state index contributed by atoms with van der Waals surface area (Å²) in [7, 11) is 7.60. The Bertz CT molecular complexity index is 846. The first-order chi connectivity index (χ1) is 11.2. The van der Waals surface area contributed by atoms with Crippen LogP contribution in [0.2, 0.25) is 0 Å². The van der Waals surface area contributed by atoms with Crippen molar-refractivity contribution < 1.29 is 9.47 Å². The maximum absolute atomic E-state index is 5.70. The molecule has 3 rings (SSSR count). The number of halogens is 1. The van der Waals surface area contributed by atoms with Crippen LogP contribution < -0.4 is 9.47 Å². The number of ether oxygens (including phenoxy) is 2. The molecule has 0 heterocycles. The Kier molecular flexibility index (Phi) is 6.29. The standard InChI is InChI=1S/C20H23NO2.HI/c1-21(2)12-11-15-13-18(22-3)20(23-4)19-16-8-6-5-7-14(16)9-10-17(15)19;/h5-10,13H,11-12H2,1-4H3;1H. The highest BCUT2D eigenvalue weighted by Crippen LogP contribution is 2.41. The zero-order chi connectivity index (χ0) is 16.4. The Hall–Kier alpha value is -1.53. The molecule has 0 bridgehead atoms. The normalized spacial score (nSPS) is 10.9. The Morgan fingerprint density at radius 3 is 2.33 bits per heavy atom. The number of hydrogen-bond donors (Lipinski definition) is 0. The van der Waals surface area contributed by atoms with Crippen molar-refractivity contribution in [2.75, 3.05) is 34.9 Å². The van der Waals surface area contributed by atoms with E-state index in [0.717, 1.165) is 29.9 Å². The molecule has 0 aromatic heterocycles. The minimum Gasteiger partial charge on any atom is -0.493 e. The van der Waals surface area contributed by atoms with Crippen molar-refractivity contribution >= 4 is 45.5 Å². The van der Waals surface area contributed by atoms with E-state index in [1.54, 1.807) is 14.2 Å². The molecule has 0 N–H and O–H groups in total. The lowest BCUT2D eigenvalue weighted by Crippen LogP contribution is -2.15. The summed E-state index contributed by atoms with van der Waals surface area (Å²) in [6.45, 7) is 0.997. The summed E-state index contributed by atoms with van der Waals surface area (Å²) in [6.07, 6.45) is 0.974. The van der Waals surface area contributed by atoms with Gasteiger partial charge in [-0.25, -0.2) is 0 Å². The molecule has 0 aliphatic heterocycles. The molecule has 0 amide bonds. The zero-order valence-electron chi connectivity index (χ0n) is 14.6. The van der Waals surface area contributed by atoms with Gasteiger partial charge in [-0.3, -0.25) is 0 Å². The van der Waals surface area contributed by atoms with Gasteiger partial charge < -0.3 is 14.4 Å². The van der Waals surface area contributed by atoms with Gasteiger partial charge in [-0.1, -0.05) is 36.4 Å². The third-order valence-electron chi connectivity index (χ3n) is 4.28. The summed E-state index contributed by atoms with van der Waals surface area (Å²) in [5.41, 5.74) is 1.29. The molecule has 0 saturated heterocycles. The highest BCUT2D eigenvalue weighted by molar-refractivity contribution is 14.0. The second kappa shape index (κ2) is 8.03. The number of rotatable bonds is 5. The minimum atomic E-state index is 0. The van der Waals surface area contributed by atoms with Gasteiger partial charge in [0.2, 0.25) is 0 Å². The van der Waals surface area contributed by atoms with E-state index in [2.05, 4.69) is 61.5 Å². The summed E-state index contributed by atoms with van der Waals surface area (Å²) in [5, 5.41) is 4.79. The Balaban J connectivity index is 0.00000208. The fourth-order valence-electron chi connectivity index (χ4n) is 3.11. The smallest absolute Gasteiger partial charge is 0.169 e. The van der Waals surface area contributed by atoms with Crippen molar-refractivity contribution in [1.82, 2.24) is 4.90 Å². The molecular formula is C20H24INO2. The van der Waals surface area contributed by atoms with Crippen molar-refractivity contribution in [3.63, 3.8) is 0 Å². The minimum absolute atomic E-state index is 0. The molecule has 0 atom stereocenters. The van der Waals surface area contributed by atoms with Crippen LogP contribution in [0.1, 0.15) is 5.56 Å². The second-order valence-corrected chi connectivity index (χ2v) is 6.03. The average molecular weight is 437 g/mol. The van der Waals surface area contributed by atoms with Gasteiger partial charge in [-0.2, -0.15) is 0 Å². The molecule has 0 aliphatic rings. The topological polar surface area (TPSA) is 21.7 Å². The van der Waals surface area contributed by atoms with E-state index in [1.807, 2.05) is 0 Å². The van der Waals surface area contributed by atoms with Gasteiger partial charge in [-0.05, 0) is 48.3 Å². The van der Waals surface area contributed by atoms with E-state index in [1.165, 1.54) is 21.7 Å². The molecule has 0 spiro atoms. The van der Waals surface area contributed by atoms with E-state index < -0.39 is 0 Å². The molecular weight excluding hydrogens is 413 g/mol. The van der Waals surface area contributed by atoms with Crippen molar-refractivity contribution in [3.8, 4) is 11.5 Å². The molecule has 0 unspecified atom stereocenters. The summed E-state index contributed by atoms with van der Waals surface area (Å²) in [5.74, 6) is 1.61. The average Bonchev–Trinajstić information content (AvgIpc) is 2.58. The Morgan fingerprint density at radius 1 is 0.917 bits per heavy atom. The second-order valence-electron chi connectivity index (χ2n) is 6.03. The lowest BCUT2D eigenvalue weighted by atomic mass is 9.95. The highest BCUT2D eigenvalue weighted by Gasteiger charge is 2.16. The number of hydrogen-bond acceptors (Lipinski definition) is 3. The summed E-state index contributed by atoms with van der Waals surface area (Å²) < 4.78 is 11.3. The predicted octanol–water partition coefficient (Wildman–Crippen LogP) is 4.73. The molecule has 3 aromatic carbocycles. The number of nitrogens with zero attached hydrogens (tertiary/aromatic N) is 1. The summed E-state index contributed by atoms with van der Waals surface area (Å²) in [6, 6.07) is 14.9. The molecule has 0 radical (unpaired) electrons. The van der Waals surface area contributed by atoms with Crippen molar-refractivity contribution in [1.29, 1.82) is 0 Å². The highest BCUT2D eigenvalue weighted by atomic mass is 127. The molecule has 24 heavy (non-hydrogen) atoms. The summed E-state index contributed by atoms with van der Waals surface area (Å²) in [4.78, 5) is 2.20. The monoisotopic (exact) mass is 437 g/mol. The molecule has 3 aromatic rings. The van der Waals surface area contributed by atoms with Crippen LogP contribution in [0.3, 0.4) is 0 Å². The van der Waals surface area contributed by atoms with Crippen LogP contribution in [0.25, 0.3) is 21.5 Å². The van der Waals surface area contributed by atoms with E-state index in [9.17, 15) is 0 Å². The molecule has 0 aliphatic carbocycles. The molecule has 0 saturated carbocycles. The van der Waals surface area contributed by atoms with Gasteiger partial charge >= 0.3 is 0 Å². The molecule has 4 heteroatoms. The molecule has 128 valence electrons. The zero-order valence-corrected chi connectivity index (χ0v) is 17.0. The predicted molar refractivity (Wildman–Crippen MR) is 112 cm³/mol. The largest absolute Gasteiger partial charge is 0.493 e. The van der Waals surface area contributed by atoms with Crippen molar-refractivity contribution in [3.05, 3.63) is 48.0 Å². The van der Waals surface area contributed by atoms with Crippen LogP contribution in [-0.4, -0.2) is 39.8 Å². The van der Waals surface area contributed by atoms with Crippen molar-refractivity contribution in [2.45, 2.75) is 6.42 Å². The maximum atomic E-state index is 5.70. The van der Waals surface area contributed by atoms with Crippen LogP contribution >= 0.6 is 24.0 Å². The SMILES string of the molecule is COc1cc(CCN(C)C)c2ccc3ccccc3c2c1OC.I. The van der Waals surface area contributed by atoms with Crippen LogP contribution in [0, 0.1) is 0 Å². The lowest BCUT2D eigenvalue weighted by molar-refractivity contribution is 0.358. The number of benzene rings is 3. The van der Waals surface area contributed by atoms with Gasteiger partial charge in [0, 0.05) is 11.9 Å². The van der Waals surface area contributed by atoms with Gasteiger partial charge in [0.1, 0.15) is 0 Å².